The highest BCUT2D eigenvalue weighted by atomic mass is 16.5. The molecule has 82 heavy (non-hydrogen) atoms. The molecule has 0 saturated carbocycles. The van der Waals surface area contributed by atoms with Gasteiger partial charge in [0.2, 0.25) is 5.65 Å². The van der Waals surface area contributed by atoms with Crippen LogP contribution < -0.4 is 30.3 Å². The molecular weight excluding hydrogens is 1020 g/mol. The predicted molar refractivity (Wildman–Crippen MR) is 343 cm³/mol. The molecule has 438 valence electrons. The number of amides is 2. The third-order valence-corrected chi connectivity index (χ3v) is 17.7. The van der Waals surface area contributed by atoms with Crippen LogP contribution in [0.2, 0.25) is 0 Å². The lowest BCUT2D eigenvalue weighted by Crippen LogP contribution is -2.34. The summed E-state index contributed by atoms with van der Waals surface area (Å²) in [6.07, 6.45) is 6.34. The Morgan fingerprint density at radius 2 is 1.13 bits per heavy atom. The van der Waals surface area contributed by atoms with E-state index in [4.69, 9.17) is 19.7 Å². The Kier molecular flexibility index (Phi) is 20.0. The van der Waals surface area contributed by atoms with Gasteiger partial charge in [-0.1, -0.05) is 158 Å². The zero-order valence-electron chi connectivity index (χ0n) is 52.2. The summed E-state index contributed by atoms with van der Waals surface area (Å²) in [7, 11) is 0. The quantitative estimate of drug-likeness (QED) is 0.0381. The first-order valence-electron chi connectivity index (χ1n) is 30.2. The number of H-pyrrole nitrogens is 1. The van der Waals surface area contributed by atoms with Crippen LogP contribution in [-0.4, -0.2) is 56.9 Å². The standard InChI is InChI=1S/C70H94N8O4/c1-18-56-62(73-57-37-36-53(77(25-8)26-9)42-47(57)33-32-46-30-28-27-29-31-46)64-75-74-63(78(64)76-56)48-40-51(71-65(79)58(19-2)81-60-38-34-49(67(10,11)21-4)43-54(60)69(14,15)23-6)45-52(41-48)72-66(80)59(20-3)82-61-39-35-50(68(12,13)22-5)44-55(61)70(16,17)24-7/h18,27-31,34-45,58-59,73,76H,1,19-26,32-33H2,2-17H3,(H,71,79)(H,72,80). The maximum absolute atomic E-state index is 14.7. The molecule has 12 heteroatoms. The third kappa shape index (κ3) is 13.9. The van der Waals surface area contributed by atoms with Crippen LogP contribution in [-0.2, 0) is 44.1 Å². The summed E-state index contributed by atoms with van der Waals surface area (Å²) in [5.74, 6) is 1.18. The van der Waals surface area contributed by atoms with Crippen molar-refractivity contribution in [3.63, 3.8) is 0 Å². The lowest BCUT2D eigenvalue weighted by Gasteiger charge is -2.31. The van der Waals surface area contributed by atoms with E-state index in [0.717, 1.165) is 68.4 Å². The number of anilines is 5. The Labute approximate surface area is 490 Å². The topological polar surface area (TPSA) is 138 Å². The highest BCUT2D eigenvalue weighted by Gasteiger charge is 2.32. The van der Waals surface area contributed by atoms with Crippen molar-refractivity contribution in [2.24, 2.45) is 0 Å². The third-order valence-electron chi connectivity index (χ3n) is 17.7. The van der Waals surface area contributed by atoms with Crippen molar-refractivity contribution in [3.05, 3.63) is 149 Å². The van der Waals surface area contributed by atoms with Gasteiger partial charge in [0.1, 0.15) is 17.2 Å². The number of hydrogen-bond donors (Lipinski definition) is 4. The summed E-state index contributed by atoms with van der Waals surface area (Å²) < 4.78 is 15.3. The fourth-order valence-corrected chi connectivity index (χ4v) is 10.3. The lowest BCUT2D eigenvalue weighted by molar-refractivity contribution is -0.123. The number of hydrogen-bond acceptors (Lipinski definition) is 8. The normalized spacial score (nSPS) is 12.9. The van der Waals surface area contributed by atoms with Crippen molar-refractivity contribution in [1.29, 1.82) is 0 Å². The second-order valence-electron chi connectivity index (χ2n) is 24.6. The Hall–Kier alpha value is -7.34. The van der Waals surface area contributed by atoms with Crippen molar-refractivity contribution in [1.82, 2.24) is 19.8 Å². The summed E-state index contributed by atoms with van der Waals surface area (Å²) in [4.78, 5) is 31.8. The van der Waals surface area contributed by atoms with E-state index >= 15 is 0 Å². The molecule has 12 nitrogen and oxygen atoms in total. The first-order chi connectivity index (χ1) is 39.0. The number of aryl methyl sites for hydroxylation is 2. The number of fused-ring (bicyclic) bond motifs is 1. The smallest absolute Gasteiger partial charge is 0.265 e. The van der Waals surface area contributed by atoms with Gasteiger partial charge >= 0.3 is 0 Å². The Morgan fingerprint density at radius 3 is 1.60 bits per heavy atom. The molecule has 2 atom stereocenters. The molecule has 2 heterocycles. The Morgan fingerprint density at radius 1 is 0.622 bits per heavy atom. The van der Waals surface area contributed by atoms with Gasteiger partial charge in [0.15, 0.2) is 18.0 Å². The van der Waals surface area contributed by atoms with Gasteiger partial charge in [-0.25, -0.2) is 4.52 Å². The number of carbonyl (C=O) groups is 2. The largest absolute Gasteiger partial charge is 0.480 e. The zero-order chi connectivity index (χ0) is 59.7. The minimum atomic E-state index is -0.836. The highest BCUT2D eigenvalue weighted by molar-refractivity contribution is 5.99. The summed E-state index contributed by atoms with van der Waals surface area (Å²) >= 11 is 0. The van der Waals surface area contributed by atoms with E-state index in [1.807, 2.05) is 48.7 Å². The lowest BCUT2D eigenvalue weighted by atomic mass is 9.76. The van der Waals surface area contributed by atoms with Gasteiger partial charge in [-0.05, 0) is 164 Å². The van der Waals surface area contributed by atoms with Gasteiger partial charge in [-0.2, -0.15) is 0 Å². The van der Waals surface area contributed by atoms with Gasteiger partial charge < -0.3 is 30.3 Å². The Balaban J connectivity index is 1.28. The van der Waals surface area contributed by atoms with Crippen molar-refractivity contribution in [2.45, 2.75) is 196 Å². The molecule has 4 N–H and O–H groups in total. The zero-order valence-corrected chi connectivity index (χ0v) is 52.2. The Bertz CT molecular complexity index is 3200. The van der Waals surface area contributed by atoms with Crippen LogP contribution in [0.4, 0.5) is 28.4 Å². The molecule has 0 saturated heterocycles. The minimum Gasteiger partial charge on any atom is -0.480 e. The SMILES string of the molecule is C=Cc1[nH]n2c(-c3cc(NC(=O)C(CC)Oc4ccc(C(C)(C)CC)cc4C(C)(C)CC)cc(NC(=O)C(CC)Oc4ccc(C(C)(C)CC)cc4C(C)(C)CC)c3)nnc2c1Nc1ccc(N(CC)CC)cc1CCc1ccccc1. The molecule has 2 aromatic heterocycles. The van der Waals surface area contributed by atoms with E-state index in [1.54, 1.807) is 12.1 Å². The molecule has 7 aromatic rings. The number of rotatable bonds is 28. The van der Waals surface area contributed by atoms with E-state index in [2.05, 4.69) is 196 Å². The van der Waals surface area contributed by atoms with Crippen molar-refractivity contribution < 1.29 is 19.1 Å². The van der Waals surface area contributed by atoms with Gasteiger partial charge in [-0.3, -0.25) is 14.7 Å². The molecule has 5 aromatic carbocycles. The second kappa shape index (κ2) is 26.3. The number of nitrogens with one attached hydrogen (secondary N) is 4. The second-order valence-corrected chi connectivity index (χ2v) is 24.6. The van der Waals surface area contributed by atoms with Gasteiger partial charge in [0.25, 0.3) is 11.8 Å². The van der Waals surface area contributed by atoms with E-state index in [1.165, 1.54) is 27.9 Å². The fraction of sp³-hybridized carbons (Fsp3) is 0.457. The average molecular weight is 1110 g/mol. The summed E-state index contributed by atoms with van der Waals surface area (Å²) in [6, 6.07) is 35.5. The minimum absolute atomic E-state index is 0.0304. The van der Waals surface area contributed by atoms with Gasteiger partial charge in [-0.15, -0.1) is 10.2 Å². The molecule has 0 aliphatic rings. The molecule has 2 amide bonds. The fourth-order valence-electron chi connectivity index (χ4n) is 10.3. The number of aromatic amines is 1. The predicted octanol–water partition coefficient (Wildman–Crippen LogP) is 17.1. The number of aromatic nitrogens is 4. The molecular formula is C70H94N8O4. The average Bonchev–Trinajstić information content (AvgIpc) is 4.05. The van der Waals surface area contributed by atoms with Crippen LogP contribution in [0.25, 0.3) is 23.1 Å². The highest BCUT2D eigenvalue weighted by Crippen LogP contribution is 2.42. The van der Waals surface area contributed by atoms with E-state index in [0.29, 0.717) is 64.1 Å². The maximum Gasteiger partial charge on any atom is 0.265 e. The molecule has 2 unspecified atom stereocenters. The molecule has 0 spiro atoms. The molecule has 0 fully saturated rings. The van der Waals surface area contributed by atoms with Crippen molar-refractivity contribution in [2.75, 3.05) is 33.9 Å². The van der Waals surface area contributed by atoms with E-state index < -0.39 is 12.2 Å². The number of ether oxygens (including phenoxy) is 2. The van der Waals surface area contributed by atoms with Crippen LogP contribution >= 0.6 is 0 Å². The van der Waals surface area contributed by atoms with Crippen molar-refractivity contribution in [3.8, 4) is 22.9 Å². The first-order valence-corrected chi connectivity index (χ1v) is 30.2. The van der Waals surface area contributed by atoms with Crippen LogP contribution in [0, 0.1) is 0 Å². The van der Waals surface area contributed by atoms with Crippen molar-refractivity contribution >= 4 is 52.0 Å². The molecule has 0 bridgehead atoms. The maximum atomic E-state index is 14.7. The molecule has 7 rings (SSSR count). The summed E-state index contributed by atoms with van der Waals surface area (Å²) in [5, 5.41) is 23.2. The van der Waals surface area contributed by atoms with E-state index in [9.17, 15) is 9.59 Å². The molecule has 0 aliphatic heterocycles. The van der Waals surface area contributed by atoms with Crippen LogP contribution in [0.5, 0.6) is 11.5 Å². The summed E-state index contributed by atoms with van der Waals surface area (Å²) in [5.41, 5.74) is 12.1. The first kappa shape index (κ1) is 62.3. The van der Waals surface area contributed by atoms with Crippen LogP contribution in [0.1, 0.15) is 188 Å². The van der Waals surface area contributed by atoms with Gasteiger partial charge in [0.05, 0.1) is 5.69 Å². The van der Waals surface area contributed by atoms with Gasteiger partial charge in [0, 0.05) is 52.5 Å². The van der Waals surface area contributed by atoms with Crippen LogP contribution in [0.3, 0.4) is 0 Å². The van der Waals surface area contributed by atoms with E-state index in [-0.39, 0.29) is 33.5 Å². The number of benzene rings is 5. The summed E-state index contributed by atoms with van der Waals surface area (Å²) in [6.45, 7) is 41.0. The van der Waals surface area contributed by atoms with Crippen LogP contribution in [0.15, 0.2) is 110 Å². The number of carbonyl (C=O) groups excluding carboxylic acids is 2. The molecule has 0 radical (unpaired) electrons. The number of nitrogens with zero attached hydrogens (tertiary/aromatic N) is 4. The molecule has 0 aliphatic carbocycles. The monoisotopic (exact) mass is 1110 g/mol.